The molecular weight excluding hydrogens is 417 g/mol. The molecule has 0 aliphatic heterocycles. The average molecular weight is 451 g/mol. The van der Waals surface area contributed by atoms with Gasteiger partial charge in [0, 0.05) is 31.1 Å². The minimum absolute atomic E-state index is 0. The normalized spacial score (nSPS) is 12.5. The maximum Gasteiger partial charge on any atom is 0.191 e. The summed E-state index contributed by atoms with van der Waals surface area (Å²) in [6.07, 6.45) is 2.16. The molecule has 0 saturated carbocycles. The van der Waals surface area contributed by atoms with Crippen LogP contribution in [0.4, 0.5) is 0 Å². The number of guanidine groups is 1. The third kappa shape index (κ3) is 6.96. The molecule has 0 atom stereocenters. The zero-order valence-electron chi connectivity index (χ0n) is 16.1. The Morgan fingerprint density at radius 1 is 1.29 bits per heavy atom. The van der Waals surface area contributed by atoms with Gasteiger partial charge in [0.15, 0.2) is 11.7 Å². The number of hydrogen-bond donors (Lipinski definition) is 2. The molecule has 0 fully saturated rings. The summed E-state index contributed by atoms with van der Waals surface area (Å²) in [5, 5.41) is 10.8. The smallest absolute Gasteiger partial charge is 0.191 e. The molecule has 7 heteroatoms. The molecule has 0 aromatic carbocycles. The van der Waals surface area contributed by atoms with Crippen molar-refractivity contribution in [2.24, 2.45) is 4.99 Å². The number of aromatic nitrogens is 1. The fourth-order valence-corrected chi connectivity index (χ4v) is 2.16. The largest absolute Gasteiger partial charge is 0.359 e. The fourth-order valence-electron chi connectivity index (χ4n) is 2.16. The highest BCUT2D eigenvalue weighted by molar-refractivity contribution is 14.0. The number of nitrogens with zero attached hydrogens (tertiary/aromatic N) is 3. The summed E-state index contributed by atoms with van der Waals surface area (Å²) in [5.41, 5.74) is 1.09. The van der Waals surface area contributed by atoms with Crippen molar-refractivity contribution in [2.75, 3.05) is 27.7 Å². The monoisotopic (exact) mass is 451 g/mol. The van der Waals surface area contributed by atoms with Gasteiger partial charge in [-0.3, -0.25) is 4.99 Å². The van der Waals surface area contributed by atoms with E-state index < -0.39 is 0 Å². The zero-order chi connectivity index (χ0) is 17.5. The van der Waals surface area contributed by atoms with Gasteiger partial charge >= 0.3 is 0 Å². The van der Waals surface area contributed by atoms with Gasteiger partial charge in [0.05, 0.1) is 12.2 Å². The van der Waals surface area contributed by atoms with E-state index in [0.717, 1.165) is 36.8 Å². The molecule has 1 aromatic rings. The Morgan fingerprint density at radius 2 is 1.92 bits per heavy atom. The van der Waals surface area contributed by atoms with E-state index >= 15 is 0 Å². The third-order valence-electron chi connectivity index (χ3n) is 4.53. The molecule has 0 bridgehead atoms. The van der Waals surface area contributed by atoms with E-state index in [1.807, 2.05) is 6.07 Å². The summed E-state index contributed by atoms with van der Waals surface area (Å²) in [6.45, 7) is 10.1. The van der Waals surface area contributed by atoms with Crippen LogP contribution in [0, 0.1) is 0 Å². The number of likely N-dealkylation sites (N-methyl/N-ethyl adjacent to an activating group) is 1. The van der Waals surface area contributed by atoms with Crippen LogP contribution in [0.2, 0.25) is 0 Å². The SMILES string of the molecule is CCC(CC)c1cc(CNC(=NC)NCC(C)(C)N(C)C)on1.I. The van der Waals surface area contributed by atoms with E-state index in [4.69, 9.17) is 4.52 Å². The number of aliphatic imine (C=N–C) groups is 1. The molecule has 1 rings (SSSR count). The summed E-state index contributed by atoms with van der Waals surface area (Å²) in [4.78, 5) is 6.44. The topological polar surface area (TPSA) is 65.7 Å². The van der Waals surface area contributed by atoms with Crippen LogP contribution in [0.1, 0.15) is 57.9 Å². The van der Waals surface area contributed by atoms with Crippen molar-refractivity contribution in [3.05, 3.63) is 17.5 Å². The van der Waals surface area contributed by atoms with Gasteiger partial charge < -0.3 is 20.1 Å². The number of nitrogens with one attached hydrogen (secondary N) is 2. The predicted octanol–water partition coefficient (Wildman–Crippen LogP) is 3.20. The molecule has 2 N–H and O–H groups in total. The Kier molecular flexibility index (Phi) is 10.5. The molecule has 0 saturated heterocycles. The third-order valence-corrected chi connectivity index (χ3v) is 4.53. The van der Waals surface area contributed by atoms with Crippen molar-refractivity contribution < 1.29 is 4.52 Å². The van der Waals surface area contributed by atoms with Crippen molar-refractivity contribution in [1.29, 1.82) is 0 Å². The Labute approximate surface area is 163 Å². The molecular formula is C17H34IN5O. The lowest BCUT2D eigenvalue weighted by Gasteiger charge is -2.33. The highest BCUT2D eigenvalue weighted by Gasteiger charge is 2.20. The lowest BCUT2D eigenvalue weighted by Crippen LogP contribution is -2.50. The molecule has 1 heterocycles. The highest BCUT2D eigenvalue weighted by Crippen LogP contribution is 2.22. The van der Waals surface area contributed by atoms with Crippen LogP contribution < -0.4 is 10.6 Å². The van der Waals surface area contributed by atoms with Gasteiger partial charge in [0.25, 0.3) is 0 Å². The number of halogens is 1. The predicted molar refractivity (Wildman–Crippen MR) is 111 cm³/mol. The van der Waals surface area contributed by atoms with E-state index in [0.29, 0.717) is 12.5 Å². The molecule has 6 nitrogen and oxygen atoms in total. The van der Waals surface area contributed by atoms with Crippen LogP contribution >= 0.6 is 24.0 Å². The van der Waals surface area contributed by atoms with Crippen LogP contribution in [0.5, 0.6) is 0 Å². The van der Waals surface area contributed by atoms with Gasteiger partial charge in [-0.2, -0.15) is 0 Å². The maximum absolute atomic E-state index is 5.42. The molecule has 0 aliphatic rings. The van der Waals surface area contributed by atoms with Crippen LogP contribution in [0.15, 0.2) is 15.6 Å². The highest BCUT2D eigenvalue weighted by atomic mass is 127. The van der Waals surface area contributed by atoms with Crippen molar-refractivity contribution >= 4 is 29.9 Å². The Hall–Kier alpha value is -0.830. The minimum Gasteiger partial charge on any atom is -0.359 e. The quantitative estimate of drug-likeness (QED) is 0.361. The van der Waals surface area contributed by atoms with Gasteiger partial charge in [-0.15, -0.1) is 24.0 Å². The van der Waals surface area contributed by atoms with E-state index in [2.05, 4.69) is 67.5 Å². The second-order valence-corrected chi connectivity index (χ2v) is 6.72. The summed E-state index contributed by atoms with van der Waals surface area (Å²) in [5.74, 6) is 2.08. The van der Waals surface area contributed by atoms with Crippen LogP contribution in [0.3, 0.4) is 0 Å². The minimum atomic E-state index is 0. The first-order valence-corrected chi connectivity index (χ1v) is 8.41. The van der Waals surface area contributed by atoms with E-state index in [1.165, 1.54) is 0 Å². The lowest BCUT2D eigenvalue weighted by atomic mass is 9.99. The second-order valence-electron chi connectivity index (χ2n) is 6.72. The van der Waals surface area contributed by atoms with Gasteiger partial charge in [0.2, 0.25) is 0 Å². The van der Waals surface area contributed by atoms with Gasteiger partial charge in [0.1, 0.15) is 0 Å². The van der Waals surface area contributed by atoms with E-state index in [9.17, 15) is 0 Å². The summed E-state index contributed by atoms with van der Waals surface area (Å²) in [6, 6.07) is 2.04. The summed E-state index contributed by atoms with van der Waals surface area (Å²) < 4.78 is 5.42. The molecule has 140 valence electrons. The van der Waals surface area contributed by atoms with Gasteiger partial charge in [-0.1, -0.05) is 19.0 Å². The van der Waals surface area contributed by atoms with E-state index in [1.54, 1.807) is 7.05 Å². The molecule has 0 radical (unpaired) electrons. The van der Waals surface area contributed by atoms with Crippen molar-refractivity contribution in [2.45, 2.75) is 58.5 Å². The van der Waals surface area contributed by atoms with Crippen LogP contribution in [-0.2, 0) is 6.54 Å². The summed E-state index contributed by atoms with van der Waals surface area (Å²) in [7, 11) is 5.92. The number of rotatable bonds is 8. The van der Waals surface area contributed by atoms with Gasteiger partial charge in [-0.25, -0.2) is 0 Å². The molecule has 0 unspecified atom stereocenters. The molecule has 24 heavy (non-hydrogen) atoms. The first-order valence-electron chi connectivity index (χ1n) is 8.41. The van der Waals surface area contributed by atoms with Crippen molar-refractivity contribution in [1.82, 2.24) is 20.7 Å². The zero-order valence-corrected chi connectivity index (χ0v) is 18.5. The fraction of sp³-hybridized carbons (Fsp3) is 0.765. The van der Waals surface area contributed by atoms with Crippen LogP contribution in [0.25, 0.3) is 0 Å². The van der Waals surface area contributed by atoms with E-state index in [-0.39, 0.29) is 29.5 Å². The standard InChI is InChI=1S/C17H33N5O.HI/c1-8-13(9-2)15-10-14(23-21-15)11-19-16(18-5)20-12-17(3,4)22(6)7;/h10,13H,8-9,11-12H2,1-7H3,(H2,18,19,20);1H. The molecule has 0 aliphatic carbocycles. The first kappa shape index (κ1) is 23.2. The van der Waals surface area contributed by atoms with Crippen molar-refractivity contribution in [3.63, 3.8) is 0 Å². The Morgan fingerprint density at radius 3 is 2.42 bits per heavy atom. The van der Waals surface area contributed by atoms with Crippen molar-refractivity contribution in [3.8, 4) is 0 Å². The van der Waals surface area contributed by atoms with Gasteiger partial charge in [-0.05, 0) is 40.8 Å². The summed E-state index contributed by atoms with van der Waals surface area (Å²) >= 11 is 0. The average Bonchev–Trinajstić information content (AvgIpc) is 2.97. The van der Waals surface area contributed by atoms with Crippen LogP contribution in [-0.4, -0.2) is 49.2 Å². The number of hydrogen-bond acceptors (Lipinski definition) is 4. The molecule has 0 spiro atoms. The lowest BCUT2D eigenvalue weighted by molar-refractivity contribution is 0.197. The Bertz CT molecular complexity index is 495. The maximum atomic E-state index is 5.42. The second kappa shape index (κ2) is 10.9. The molecule has 1 aromatic heterocycles. The first-order chi connectivity index (χ1) is 10.8. The Balaban J connectivity index is 0.00000529. The molecule has 0 amide bonds.